The van der Waals surface area contributed by atoms with E-state index in [-0.39, 0.29) is 10.6 Å². The lowest BCUT2D eigenvalue weighted by molar-refractivity contribution is 0.0930. The van der Waals surface area contributed by atoms with Crippen LogP contribution in [0.3, 0.4) is 0 Å². The highest BCUT2D eigenvalue weighted by Gasteiger charge is 2.27. The van der Waals surface area contributed by atoms with Crippen LogP contribution in [0.15, 0.2) is 70.3 Å². The molecule has 0 bridgehead atoms. The van der Waals surface area contributed by atoms with Crippen LogP contribution < -0.4 is 5.32 Å². The molecule has 3 aromatic rings. The van der Waals surface area contributed by atoms with Crippen molar-refractivity contribution < 1.29 is 17.6 Å². The van der Waals surface area contributed by atoms with Gasteiger partial charge in [0.1, 0.15) is 22.4 Å². The smallest absolute Gasteiger partial charge is 0.268 e. The Balaban J connectivity index is 1.91. The summed E-state index contributed by atoms with van der Waals surface area (Å²) in [5.74, 6) is 0.202. The summed E-state index contributed by atoms with van der Waals surface area (Å²) in [5, 5.41) is 2.95. The number of aromatic nitrogens is 1. The molecule has 8 heteroatoms. The van der Waals surface area contributed by atoms with E-state index < -0.39 is 22.0 Å². The van der Waals surface area contributed by atoms with Crippen LogP contribution in [-0.2, 0) is 17.1 Å². The van der Waals surface area contributed by atoms with Crippen LogP contribution in [-0.4, -0.2) is 36.3 Å². The van der Waals surface area contributed by atoms with Gasteiger partial charge in [0.2, 0.25) is 10.0 Å². The first-order valence-corrected chi connectivity index (χ1v) is 10.9. The van der Waals surface area contributed by atoms with E-state index in [1.54, 1.807) is 39.3 Å². The summed E-state index contributed by atoms with van der Waals surface area (Å²) >= 11 is 0. The Labute approximate surface area is 171 Å². The largest absolute Gasteiger partial charge is 0.467 e. The minimum atomic E-state index is -3.65. The minimum Gasteiger partial charge on any atom is -0.467 e. The maximum atomic E-state index is 13.0. The van der Waals surface area contributed by atoms with Gasteiger partial charge < -0.3 is 14.3 Å². The van der Waals surface area contributed by atoms with E-state index >= 15 is 0 Å². The van der Waals surface area contributed by atoms with Gasteiger partial charge >= 0.3 is 0 Å². The Morgan fingerprint density at radius 3 is 2.41 bits per heavy atom. The number of nitrogens with one attached hydrogen (secondary N) is 1. The standard InChI is InChI=1S/C21H25N3O4S/c1-4-24(5-2)29(26,27)17-14-18(23(3)15-17)21(25)22-20(19-12-9-13-28-19)16-10-7-6-8-11-16/h6-15,20H,4-5H2,1-3H3,(H,22,25). The lowest BCUT2D eigenvalue weighted by atomic mass is 10.0. The molecular formula is C21H25N3O4S. The number of amides is 1. The van der Waals surface area contributed by atoms with Crippen molar-refractivity contribution in [3.05, 3.63) is 78.0 Å². The molecule has 0 spiro atoms. The van der Waals surface area contributed by atoms with Crippen LogP contribution in [0.1, 0.15) is 41.7 Å². The topological polar surface area (TPSA) is 84.6 Å². The average molecular weight is 416 g/mol. The van der Waals surface area contributed by atoms with Gasteiger partial charge in [0.25, 0.3) is 5.91 Å². The van der Waals surface area contributed by atoms with Gasteiger partial charge in [-0.1, -0.05) is 44.2 Å². The van der Waals surface area contributed by atoms with Crippen molar-refractivity contribution in [1.29, 1.82) is 0 Å². The molecule has 0 saturated heterocycles. The molecule has 1 aromatic carbocycles. The number of nitrogens with zero attached hydrogens (tertiary/aromatic N) is 2. The molecular weight excluding hydrogens is 390 g/mol. The first kappa shape index (κ1) is 20.9. The highest BCUT2D eigenvalue weighted by Crippen LogP contribution is 2.24. The van der Waals surface area contributed by atoms with Gasteiger partial charge in [-0.3, -0.25) is 4.79 Å². The van der Waals surface area contributed by atoms with E-state index in [9.17, 15) is 13.2 Å². The normalized spacial score (nSPS) is 12.8. The second kappa shape index (κ2) is 8.67. The first-order chi connectivity index (χ1) is 13.9. The van der Waals surface area contributed by atoms with Gasteiger partial charge in [-0.15, -0.1) is 0 Å². The zero-order valence-electron chi connectivity index (χ0n) is 16.7. The molecule has 1 N–H and O–H groups in total. The fourth-order valence-corrected chi connectivity index (χ4v) is 4.77. The van der Waals surface area contributed by atoms with E-state index in [0.717, 1.165) is 5.56 Å². The number of carbonyl (C=O) groups is 1. The Morgan fingerprint density at radius 2 is 1.83 bits per heavy atom. The van der Waals surface area contributed by atoms with E-state index in [4.69, 9.17) is 4.42 Å². The van der Waals surface area contributed by atoms with Crippen molar-refractivity contribution in [2.24, 2.45) is 7.05 Å². The van der Waals surface area contributed by atoms with Crippen molar-refractivity contribution in [2.45, 2.75) is 24.8 Å². The van der Waals surface area contributed by atoms with Gasteiger partial charge in [0, 0.05) is 26.3 Å². The predicted molar refractivity (Wildman–Crippen MR) is 110 cm³/mol. The van der Waals surface area contributed by atoms with Crippen LogP contribution in [0.4, 0.5) is 0 Å². The fraction of sp³-hybridized carbons (Fsp3) is 0.286. The number of hydrogen-bond acceptors (Lipinski definition) is 4. The van der Waals surface area contributed by atoms with Crippen molar-refractivity contribution >= 4 is 15.9 Å². The number of furan rings is 1. The van der Waals surface area contributed by atoms with Crippen LogP contribution in [0, 0.1) is 0 Å². The SMILES string of the molecule is CCN(CC)S(=O)(=O)c1cc(C(=O)NC(c2ccccc2)c2ccco2)n(C)c1. The van der Waals surface area contributed by atoms with Crippen molar-refractivity contribution in [3.8, 4) is 0 Å². The summed E-state index contributed by atoms with van der Waals surface area (Å²) in [6.45, 7) is 4.30. The molecule has 7 nitrogen and oxygen atoms in total. The Morgan fingerprint density at radius 1 is 1.14 bits per heavy atom. The van der Waals surface area contributed by atoms with E-state index in [1.165, 1.54) is 21.1 Å². The molecule has 1 atom stereocenters. The summed E-state index contributed by atoms with van der Waals surface area (Å²) in [6, 6.07) is 13.9. The van der Waals surface area contributed by atoms with Crippen molar-refractivity contribution in [1.82, 2.24) is 14.2 Å². The highest BCUT2D eigenvalue weighted by atomic mass is 32.2. The summed E-state index contributed by atoms with van der Waals surface area (Å²) in [4.78, 5) is 13.1. The van der Waals surface area contributed by atoms with Crippen LogP contribution in [0.2, 0.25) is 0 Å². The fourth-order valence-electron chi connectivity index (χ4n) is 3.24. The maximum Gasteiger partial charge on any atom is 0.268 e. The summed E-state index contributed by atoms with van der Waals surface area (Å²) in [5.41, 5.74) is 1.12. The number of hydrogen-bond donors (Lipinski definition) is 1. The molecule has 2 heterocycles. The zero-order valence-corrected chi connectivity index (χ0v) is 17.5. The third-order valence-corrected chi connectivity index (χ3v) is 6.81. The van der Waals surface area contributed by atoms with E-state index in [0.29, 0.717) is 18.8 Å². The van der Waals surface area contributed by atoms with Crippen molar-refractivity contribution in [3.63, 3.8) is 0 Å². The van der Waals surface area contributed by atoms with E-state index in [2.05, 4.69) is 5.32 Å². The van der Waals surface area contributed by atoms with Gasteiger partial charge in [0.15, 0.2) is 0 Å². The molecule has 1 amide bonds. The molecule has 0 saturated carbocycles. The second-order valence-corrected chi connectivity index (χ2v) is 8.53. The summed E-state index contributed by atoms with van der Waals surface area (Å²) < 4.78 is 34.0. The molecule has 0 aliphatic heterocycles. The van der Waals surface area contributed by atoms with Crippen LogP contribution >= 0.6 is 0 Å². The highest BCUT2D eigenvalue weighted by molar-refractivity contribution is 7.89. The van der Waals surface area contributed by atoms with E-state index in [1.807, 2.05) is 30.3 Å². The van der Waals surface area contributed by atoms with Crippen LogP contribution in [0.5, 0.6) is 0 Å². The first-order valence-electron chi connectivity index (χ1n) is 9.44. The number of benzene rings is 1. The molecule has 154 valence electrons. The third-order valence-electron chi connectivity index (χ3n) is 4.79. The minimum absolute atomic E-state index is 0.100. The quantitative estimate of drug-likeness (QED) is 0.612. The maximum absolute atomic E-state index is 13.0. The summed E-state index contributed by atoms with van der Waals surface area (Å²) in [7, 11) is -1.99. The predicted octanol–water partition coefficient (Wildman–Crippen LogP) is 3.17. The number of carbonyl (C=O) groups excluding carboxylic acids is 1. The number of sulfonamides is 1. The molecule has 0 fully saturated rings. The number of aryl methyl sites for hydroxylation is 1. The Hall–Kier alpha value is -2.84. The Bertz CT molecular complexity index is 1050. The Kier molecular flexibility index (Phi) is 6.24. The molecule has 1 unspecified atom stereocenters. The molecule has 0 aliphatic carbocycles. The summed E-state index contributed by atoms with van der Waals surface area (Å²) in [6.07, 6.45) is 3.02. The molecule has 0 aliphatic rings. The lowest BCUT2D eigenvalue weighted by Gasteiger charge is -2.17. The molecule has 29 heavy (non-hydrogen) atoms. The average Bonchev–Trinajstić information content (AvgIpc) is 3.37. The van der Waals surface area contributed by atoms with Gasteiger partial charge in [0.05, 0.1) is 6.26 Å². The van der Waals surface area contributed by atoms with Crippen LogP contribution in [0.25, 0.3) is 0 Å². The second-order valence-electron chi connectivity index (χ2n) is 6.59. The zero-order chi connectivity index (χ0) is 21.0. The van der Waals surface area contributed by atoms with Gasteiger partial charge in [-0.25, -0.2) is 8.42 Å². The molecule has 3 rings (SSSR count). The van der Waals surface area contributed by atoms with Crippen molar-refractivity contribution in [2.75, 3.05) is 13.1 Å². The third kappa shape index (κ3) is 4.28. The van der Waals surface area contributed by atoms with Gasteiger partial charge in [-0.05, 0) is 23.8 Å². The molecule has 2 aromatic heterocycles. The molecule has 0 radical (unpaired) electrons. The van der Waals surface area contributed by atoms with Gasteiger partial charge in [-0.2, -0.15) is 4.31 Å². The monoisotopic (exact) mass is 415 g/mol. The number of rotatable bonds is 8. The lowest BCUT2D eigenvalue weighted by Crippen LogP contribution is -2.31.